The first-order valence-electron chi connectivity index (χ1n) is 4.82. The minimum atomic E-state index is -1.30. The number of hydrogen-bond acceptors (Lipinski definition) is 3. The number of furan rings is 1. The van der Waals surface area contributed by atoms with Crippen molar-refractivity contribution in [2.75, 3.05) is 0 Å². The Bertz CT molecular complexity index is 633. The quantitative estimate of drug-likeness (QED) is 0.869. The fourth-order valence-corrected chi connectivity index (χ4v) is 1.56. The lowest BCUT2D eigenvalue weighted by atomic mass is 10.1. The van der Waals surface area contributed by atoms with Crippen molar-refractivity contribution >= 4 is 23.4 Å². The van der Waals surface area contributed by atoms with Gasteiger partial charge >= 0.3 is 5.97 Å². The van der Waals surface area contributed by atoms with Crippen molar-refractivity contribution in [3.63, 3.8) is 0 Å². The monoisotopic (exact) mass is 268 g/mol. The van der Waals surface area contributed by atoms with E-state index in [0.29, 0.717) is 0 Å². The summed E-state index contributed by atoms with van der Waals surface area (Å²) >= 11 is 5.55. The van der Waals surface area contributed by atoms with E-state index in [1.165, 1.54) is 24.3 Å². The van der Waals surface area contributed by atoms with Crippen LogP contribution in [0.4, 0.5) is 4.39 Å². The van der Waals surface area contributed by atoms with E-state index in [-0.39, 0.29) is 22.1 Å². The topological polar surface area (TPSA) is 67.5 Å². The highest BCUT2D eigenvalue weighted by molar-refractivity contribution is 6.31. The van der Waals surface area contributed by atoms with Gasteiger partial charge < -0.3 is 9.52 Å². The summed E-state index contributed by atoms with van der Waals surface area (Å²) in [5, 5.41) is 8.46. The molecule has 2 aromatic rings. The zero-order chi connectivity index (χ0) is 13.3. The summed E-state index contributed by atoms with van der Waals surface area (Å²) < 4.78 is 18.4. The van der Waals surface area contributed by atoms with Gasteiger partial charge in [0.2, 0.25) is 11.5 Å². The fourth-order valence-electron chi connectivity index (χ4n) is 1.39. The predicted molar refractivity (Wildman–Crippen MR) is 60.5 cm³/mol. The van der Waals surface area contributed by atoms with Crippen molar-refractivity contribution in [2.24, 2.45) is 0 Å². The summed E-state index contributed by atoms with van der Waals surface area (Å²) in [6.45, 7) is 0. The largest absolute Gasteiger partial charge is 0.475 e. The van der Waals surface area contributed by atoms with E-state index in [4.69, 9.17) is 21.1 Å². The number of carboxylic acid groups (broad SMARTS) is 1. The summed E-state index contributed by atoms with van der Waals surface area (Å²) in [6, 6.07) is 6.26. The van der Waals surface area contributed by atoms with E-state index in [1.807, 2.05) is 0 Å². The minimum Gasteiger partial charge on any atom is -0.475 e. The first-order valence-corrected chi connectivity index (χ1v) is 5.20. The van der Waals surface area contributed by atoms with Gasteiger partial charge in [0.1, 0.15) is 0 Å². The number of benzene rings is 1. The summed E-state index contributed by atoms with van der Waals surface area (Å²) in [7, 11) is 0. The second-order valence-electron chi connectivity index (χ2n) is 3.40. The van der Waals surface area contributed by atoms with Crippen LogP contribution in [0.3, 0.4) is 0 Å². The number of carboxylic acids is 1. The van der Waals surface area contributed by atoms with Gasteiger partial charge in [-0.15, -0.1) is 0 Å². The third-order valence-electron chi connectivity index (χ3n) is 2.24. The van der Waals surface area contributed by atoms with Gasteiger partial charge in [-0.2, -0.15) is 0 Å². The van der Waals surface area contributed by atoms with Crippen LogP contribution in [0.15, 0.2) is 34.7 Å². The molecule has 0 saturated heterocycles. The fraction of sp³-hybridized carbons (Fsp3) is 0. The highest BCUT2D eigenvalue weighted by Crippen LogP contribution is 2.21. The van der Waals surface area contributed by atoms with Gasteiger partial charge in [-0.3, -0.25) is 4.79 Å². The lowest BCUT2D eigenvalue weighted by Gasteiger charge is -2.01. The van der Waals surface area contributed by atoms with Crippen LogP contribution in [0, 0.1) is 5.82 Å². The molecule has 1 N–H and O–H groups in total. The lowest BCUT2D eigenvalue weighted by molar-refractivity contribution is 0.0660. The van der Waals surface area contributed by atoms with Gasteiger partial charge in [0.15, 0.2) is 11.6 Å². The Morgan fingerprint density at radius 2 is 1.83 bits per heavy atom. The Kier molecular flexibility index (Phi) is 3.16. The molecule has 0 aliphatic carbocycles. The summed E-state index contributed by atoms with van der Waals surface area (Å²) in [5.41, 5.74) is -0.270. The number of ketones is 1. The molecule has 4 nitrogen and oxygen atoms in total. The molecule has 0 atom stereocenters. The van der Waals surface area contributed by atoms with Crippen molar-refractivity contribution in [3.05, 3.63) is 58.3 Å². The van der Waals surface area contributed by atoms with Gasteiger partial charge in [-0.25, -0.2) is 9.18 Å². The molecule has 0 saturated carbocycles. The first kappa shape index (κ1) is 12.3. The number of carbonyl (C=O) groups is 2. The predicted octanol–water partition coefficient (Wildman–Crippen LogP) is 3.00. The number of aromatic carboxylic acids is 1. The third-order valence-corrected chi connectivity index (χ3v) is 2.53. The summed E-state index contributed by atoms with van der Waals surface area (Å²) in [5.74, 6) is -3.57. The molecule has 0 bridgehead atoms. The van der Waals surface area contributed by atoms with Gasteiger partial charge in [0.05, 0.1) is 10.6 Å². The molecule has 0 aliphatic rings. The smallest absolute Gasteiger partial charge is 0.371 e. The Morgan fingerprint density at radius 1 is 1.17 bits per heavy atom. The van der Waals surface area contributed by atoms with E-state index < -0.39 is 17.6 Å². The number of carbonyl (C=O) groups excluding carboxylic acids is 1. The van der Waals surface area contributed by atoms with Crippen LogP contribution in [0.2, 0.25) is 5.02 Å². The van der Waals surface area contributed by atoms with Crippen LogP contribution in [0.5, 0.6) is 0 Å². The molecule has 1 aromatic heterocycles. The molecular formula is C12H6ClFO4. The van der Waals surface area contributed by atoms with Crippen LogP contribution < -0.4 is 0 Å². The van der Waals surface area contributed by atoms with Crippen LogP contribution in [0.1, 0.15) is 26.7 Å². The maximum absolute atomic E-state index is 13.6. The van der Waals surface area contributed by atoms with Gasteiger partial charge in [0, 0.05) is 0 Å². The zero-order valence-corrected chi connectivity index (χ0v) is 9.57. The SMILES string of the molecule is O=C(O)c1ccc(C(=O)c2cccc(Cl)c2F)o1. The lowest BCUT2D eigenvalue weighted by Crippen LogP contribution is -2.03. The average molecular weight is 269 g/mol. The highest BCUT2D eigenvalue weighted by atomic mass is 35.5. The summed E-state index contributed by atoms with van der Waals surface area (Å²) in [6.07, 6.45) is 0. The Morgan fingerprint density at radius 3 is 2.44 bits per heavy atom. The molecule has 0 fully saturated rings. The van der Waals surface area contributed by atoms with Crippen LogP contribution in [-0.4, -0.2) is 16.9 Å². The van der Waals surface area contributed by atoms with E-state index in [9.17, 15) is 14.0 Å². The maximum atomic E-state index is 13.6. The highest BCUT2D eigenvalue weighted by Gasteiger charge is 2.20. The molecule has 2 rings (SSSR count). The number of rotatable bonds is 3. The maximum Gasteiger partial charge on any atom is 0.371 e. The van der Waals surface area contributed by atoms with E-state index >= 15 is 0 Å². The van der Waals surface area contributed by atoms with Crippen LogP contribution in [-0.2, 0) is 0 Å². The van der Waals surface area contributed by atoms with Crippen molar-refractivity contribution in [1.82, 2.24) is 0 Å². The molecular weight excluding hydrogens is 263 g/mol. The van der Waals surface area contributed by atoms with Gasteiger partial charge in [-0.1, -0.05) is 17.7 Å². The van der Waals surface area contributed by atoms with Gasteiger partial charge in [0.25, 0.3) is 0 Å². The molecule has 0 unspecified atom stereocenters. The second kappa shape index (κ2) is 4.62. The summed E-state index contributed by atoms with van der Waals surface area (Å²) in [4.78, 5) is 22.5. The number of halogens is 2. The Balaban J connectivity index is 2.41. The van der Waals surface area contributed by atoms with Crippen LogP contribution in [0.25, 0.3) is 0 Å². The normalized spacial score (nSPS) is 10.3. The molecule has 0 aliphatic heterocycles. The molecule has 0 spiro atoms. The molecule has 6 heteroatoms. The molecule has 0 amide bonds. The Hall–Kier alpha value is -2.14. The van der Waals surface area contributed by atoms with Crippen molar-refractivity contribution < 1.29 is 23.5 Å². The Labute approximate surface area is 106 Å². The second-order valence-corrected chi connectivity index (χ2v) is 3.81. The zero-order valence-electron chi connectivity index (χ0n) is 8.81. The van der Waals surface area contributed by atoms with E-state index in [1.54, 1.807) is 0 Å². The molecule has 1 aromatic carbocycles. The van der Waals surface area contributed by atoms with E-state index in [2.05, 4.69) is 0 Å². The average Bonchev–Trinajstić information content (AvgIpc) is 2.81. The van der Waals surface area contributed by atoms with Crippen molar-refractivity contribution in [1.29, 1.82) is 0 Å². The molecule has 92 valence electrons. The standard InChI is InChI=1S/C12H6ClFO4/c13-7-3-1-2-6(10(7)14)11(15)8-4-5-9(18-8)12(16)17/h1-5H,(H,16,17). The van der Waals surface area contributed by atoms with E-state index in [0.717, 1.165) is 6.07 Å². The van der Waals surface area contributed by atoms with Crippen molar-refractivity contribution in [2.45, 2.75) is 0 Å². The third kappa shape index (κ3) is 2.12. The van der Waals surface area contributed by atoms with Crippen LogP contribution >= 0.6 is 11.6 Å². The number of hydrogen-bond donors (Lipinski definition) is 1. The first-order chi connectivity index (χ1) is 8.50. The van der Waals surface area contributed by atoms with Gasteiger partial charge in [-0.05, 0) is 24.3 Å². The van der Waals surface area contributed by atoms with Crippen molar-refractivity contribution in [3.8, 4) is 0 Å². The molecule has 18 heavy (non-hydrogen) atoms. The molecule has 0 radical (unpaired) electrons. The minimum absolute atomic E-state index is 0.189. The molecule has 1 heterocycles.